The van der Waals surface area contributed by atoms with Crippen LogP contribution in [-0.2, 0) is 0 Å². The molecule has 0 fully saturated rings. The zero-order valence-electron chi connectivity index (χ0n) is 23.9. The number of pyridine rings is 1. The Morgan fingerprint density at radius 3 is 2.46 bits per heavy atom. The van der Waals surface area contributed by atoms with Gasteiger partial charge in [-0.25, -0.2) is 4.98 Å². The van der Waals surface area contributed by atoms with Gasteiger partial charge in [-0.3, -0.25) is 4.57 Å². The third-order valence-electron chi connectivity index (χ3n) is 8.05. The van der Waals surface area contributed by atoms with Gasteiger partial charge in [-0.2, -0.15) is 0 Å². The summed E-state index contributed by atoms with van der Waals surface area (Å²) in [7, 11) is 0. The molecule has 0 saturated carbocycles. The van der Waals surface area contributed by atoms with Gasteiger partial charge in [0.2, 0.25) is 0 Å². The highest BCUT2D eigenvalue weighted by Crippen LogP contribution is 2.38. The largest absolute Gasteiger partial charge is 0.457 e. The van der Waals surface area contributed by atoms with Gasteiger partial charge in [-0.15, -0.1) is 0 Å². The van der Waals surface area contributed by atoms with Gasteiger partial charge < -0.3 is 14.5 Å². The highest BCUT2D eigenvalue weighted by molar-refractivity contribution is 6.09. The Kier molecular flexibility index (Phi) is 6.15. The first-order chi connectivity index (χ1) is 20.0. The van der Waals surface area contributed by atoms with E-state index in [0.29, 0.717) is 12.0 Å². The van der Waals surface area contributed by atoms with E-state index in [0.717, 1.165) is 33.9 Å². The van der Waals surface area contributed by atoms with E-state index in [2.05, 4.69) is 145 Å². The topological polar surface area (TPSA) is 33.5 Å². The molecule has 2 aliphatic heterocycles. The highest BCUT2D eigenvalue weighted by Gasteiger charge is 2.32. The average molecular weight is 539 g/mol. The van der Waals surface area contributed by atoms with Crippen molar-refractivity contribution in [3.63, 3.8) is 0 Å². The molecule has 0 saturated heterocycles. The van der Waals surface area contributed by atoms with Crippen LogP contribution in [0.2, 0.25) is 0 Å². The molecular formula is C36H34N4O. The van der Waals surface area contributed by atoms with Crippen LogP contribution in [-0.4, -0.2) is 31.6 Å². The van der Waals surface area contributed by atoms with Crippen molar-refractivity contribution in [2.24, 2.45) is 0 Å². The lowest BCUT2D eigenvalue weighted by molar-refractivity contribution is 0.203. The van der Waals surface area contributed by atoms with E-state index in [9.17, 15) is 0 Å². The fourth-order valence-electron chi connectivity index (χ4n) is 5.95. The molecule has 204 valence electrons. The first-order valence-corrected chi connectivity index (χ1v) is 14.4. The number of allylic oxidation sites excluding steroid dienone is 2. The predicted octanol–water partition coefficient (Wildman–Crippen LogP) is 8.83. The number of para-hydroxylation sites is 1. The highest BCUT2D eigenvalue weighted by atomic mass is 16.5. The quantitative estimate of drug-likeness (QED) is 0.216. The molecule has 0 aliphatic carbocycles. The Labute approximate surface area is 241 Å². The Hall–Kier alpha value is -4.77. The average Bonchev–Trinajstić information content (AvgIpc) is 3.54. The number of ether oxygens (including phenoxy) is 1. The minimum absolute atomic E-state index is 0.201. The maximum Gasteiger partial charge on any atom is 0.137 e. The minimum atomic E-state index is 0.201. The third-order valence-corrected chi connectivity index (χ3v) is 8.05. The molecule has 0 spiro atoms. The molecule has 1 atom stereocenters. The number of nitrogens with zero attached hydrogens (tertiary/aromatic N) is 4. The second-order valence-corrected chi connectivity index (χ2v) is 11.4. The fourth-order valence-corrected chi connectivity index (χ4v) is 5.95. The van der Waals surface area contributed by atoms with Crippen LogP contribution in [0.5, 0.6) is 11.5 Å². The lowest BCUT2D eigenvalue weighted by Crippen LogP contribution is -2.39. The van der Waals surface area contributed by atoms with Gasteiger partial charge in [0.25, 0.3) is 0 Å². The predicted molar refractivity (Wildman–Crippen MR) is 168 cm³/mol. The van der Waals surface area contributed by atoms with Crippen LogP contribution >= 0.6 is 0 Å². The first-order valence-electron chi connectivity index (χ1n) is 14.4. The monoisotopic (exact) mass is 538 g/mol. The molecule has 7 rings (SSSR count). The van der Waals surface area contributed by atoms with Gasteiger partial charge in [0.1, 0.15) is 23.5 Å². The molecule has 1 unspecified atom stereocenters. The summed E-state index contributed by atoms with van der Waals surface area (Å²) in [5.74, 6) is 2.94. The molecule has 0 radical (unpaired) electrons. The van der Waals surface area contributed by atoms with E-state index < -0.39 is 0 Å². The molecule has 2 aromatic heterocycles. The molecule has 4 heterocycles. The smallest absolute Gasteiger partial charge is 0.137 e. The summed E-state index contributed by atoms with van der Waals surface area (Å²) in [5.41, 5.74) is 5.77. The molecule has 0 amide bonds. The van der Waals surface area contributed by atoms with Crippen molar-refractivity contribution in [1.29, 1.82) is 0 Å². The standard InChI is InChI=1S/C36H34N4O/c1-24(2)26-17-18-37-35(21-26)40-32-13-6-5-12-30(32)31-16-15-29(22-33(31)40)41-28-11-9-10-27(20-28)34-23-39(25(3)4)36-14-7-8-19-38(34)36/h5-25,36H,1-4H3. The maximum absolute atomic E-state index is 6.52. The number of benzene rings is 3. The maximum atomic E-state index is 6.52. The number of rotatable bonds is 6. The second-order valence-electron chi connectivity index (χ2n) is 11.4. The molecule has 0 N–H and O–H groups in total. The van der Waals surface area contributed by atoms with E-state index in [4.69, 9.17) is 9.72 Å². The zero-order chi connectivity index (χ0) is 28.1. The van der Waals surface area contributed by atoms with Crippen molar-refractivity contribution in [2.75, 3.05) is 0 Å². The summed E-state index contributed by atoms with van der Waals surface area (Å²) in [6.45, 7) is 8.89. The lowest BCUT2D eigenvalue weighted by Gasteiger charge is -2.33. The van der Waals surface area contributed by atoms with Gasteiger partial charge in [0, 0.05) is 47.0 Å². The van der Waals surface area contributed by atoms with E-state index in [1.807, 2.05) is 12.3 Å². The summed E-state index contributed by atoms with van der Waals surface area (Å²) in [6, 6.07) is 27.9. The van der Waals surface area contributed by atoms with Crippen molar-refractivity contribution < 1.29 is 4.74 Å². The Balaban J connectivity index is 1.28. The summed E-state index contributed by atoms with van der Waals surface area (Å²) in [6.07, 6.45) is 13.0. The lowest BCUT2D eigenvalue weighted by atomic mass is 10.1. The summed E-state index contributed by atoms with van der Waals surface area (Å²) >= 11 is 0. The van der Waals surface area contributed by atoms with Crippen LogP contribution in [0, 0.1) is 0 Å². The molecule has 5 aromatic rings. The van der Waals surface area contributed by atoms with Crippen LogP contribution < -0.4 is 4.74 Å². The first kappa shape index (κ1) is 25.2. The van der Waals surface area contributed by atoms with Gasteiger partial charge in [-0.1, -0.05) is 50.3 Å². The Bertz CT molecular complexity index is 1860. The van der Waals surface area contributed by atoms with E-state index in [1.165, 1.54) is 22.0 Å². The molecule has 41 heavy (non-hydrogen) atoms. The number of hydrogen-bond acceptors (Lipinski definition) is 4. The van der Waals surface area contributed by atoms with Crippen LogP contribution in [0.1, 0.15) is 44.7 Å². The Morgan fingerprint density at radius 2 is 1.61 bits per heavy atom. The Morgan fingerprint density at radius 1 is 0.780 bits per heavy atom. The molecule has 0 bridgehead atoms. The second kappa shape index (κ2) is 10.0. The van der Waals surface area contributed by atoms with Crippen molar-refractivity contribution in [1.82, 2.24) is 19.4 Å². The summed E-state index contributed by atoms with van der Waals surface area (Å²) < 4.78 is 8.77. The van der Waals surface area contributed by atoms with Crippen molar-refractivity contribution in [2.45, 2.75) is 45.8 Å². The van der Waals surface area contributed by atoms with Crippen molar-refractivity contribution >= 4 is 27.5 Å². The van der Waals surface area contributed by atoms with Gasteiger partial charge in [0.15, 0.2) is 0 Å². The minimum Gasteiger partial charge on any atom is -0.457 e. The molecule has 2 aliphatic rings. The molecular weight excluding hydrogens is 504 g/mol. The summed E-state index contributed by atoms with van der Waals surface area (Å²) in [5, 5.41) is 2.38. The van der Waals surface area contributed by atoms with Crippen molar-refractivity contribution in [3.8, 4) is 17.3 Å². The van der Waals surface area contributed by atoms with Gasteiger partial charge in [-0.05, 0) is 79.9 Å². The third kappa shape index (κ3) is 4.38. The van der Waals surface area contributed by atoms with E-state index in [1.54, 1.807) is 0 Å². The number of aromatic nitrogens is 2. The van der Waals surface area contributed by atoms with Crippen molar-refractivity contribution in [3.05, 3.63) is 127 Å². The zero-order valence-corrected chi connectivity index (χ0v) is 23.9. The number of hydrogen-bond donors (Lipinski definition) is 0. The van der Waals surface area contributed by atoms with Gasteiger partial charge in [0.05, 0.1) is 16.7 Å². The van der Waals surface area contributed by atoms with Gasteiger partial charge >= 0.3 is 0 Å². The van der Waals surface area contributed by atoms with Crippen LogP contribution in [0.4, 0.5) is 0 Å². The van der Waals surface area contributed by atoms with E-state index >= 15 is 0 Å². The van der Waals surface area contributed by atoms with Crippen LogP contribution in [0.3, 0.4) is 0 Å². The summed E-state index contributed by atoms with van der Waals surface area (Å²) in [4.78, 5) is 9.49. The SMILES string of the molecule is CC(C)c1ccnc(-n2c3ccccc3c3ccc(Oc4cccc(C5=CN(C(C)C)C6C=CC=CN56)c4)cc32)c1. The normalized spacial score (nSPS) is 16.3. The van der Waals surface area contributed by atoms with Crippen LogP contribution in [0.25, 0.3) is 33.3 Å². The molecule has 5 nitrogen and oxygen atoms in total. The molecule has 5 heteroatoms. The number of fused-ring (bicyclic) bond motifs is 4. The fraction of sp³-hybridized carbons (Fsp3) is 0.194. The van der Waals surface area contributed by atoms with E-state index in [-0.39, 0.29) is 6.17 Å². The molecule has 3 aromatic carbocycles. The van der Waals surface area contributed by atoms with Crippen LogP contribution in [0.15, 0.2) is 116 Å².